The number of hydrogen-bond acceptors (Lipinski definition) is 2. The van der Waals surface area contributed by atoms with Crippen LogP contribution in [0.5, 0.6) is 0 Å². The van der Waals surface area contributed by atoms with Crippen molar-refractivity contribution in [3.05, 3.63) is 0 Å². The van der Waals surface area contributed by atoms with E-state index >= 15 is 0 Å². The summed E-state index contributed by atoms with van der Waals surface area (Å²) in [5.41, 5.74) is 0.555. The van der Waals surface area contributed by atoms with E-state index in [4.69, 9.17) is 0 Å². The van der Waals surface area contributed by atoms with Gasteiger partial charge < -0.3 is 10.2 Å². The Morgan fingerprint density at radius 1 is 1.22 bits per heavy atom. The fraction of sp³-hybridized carbons (Fsp3) is 1.00. The van der Waals surface area contributed by atoms with Gasteiger partial charge in [0, 0.05) is 18.6 Å². The largest absolute Gasteiger partial charge is 0.311 e. The Morgan fingerprint density at radius 2 is 2.00 bits per heavy atom. The van der Waals surface area contributed by atoms with Gasteiger partial charge in [-0.05, 0) is 64.0 Å². The van der Waals surface area contributed by atoms with Crippen molar-refractivity contribution in [2.75, 3.05) is 20.1 Å². The number of likely N-dealkylation sites (tertiary alicyclic amines) is 1. The molecule has 0 aromatic heterocycles. The van der Waals surface area contributed by atoms with Crippen LogP contribution in [0, 0.1) is 11.3 Å². The molecule has 0 radical (unpaired) electrons. The van der Waals surface area contributed by atoms with Gasteiger partial charge in [-0.15, -0.1) is 0 Å². The van der Waals surface area contributed by atoms with E-state index in [0.29, 0.717) is 11.5 Å². The van der Waals surface area contributed by atoms with Crippen LogP contribution in [-0.4, -0.2) is 37.1 Å². The lowest BCUT2D eigenvalue weighted by atomic mass is 9.75. The third-order valence-corrected chi connectivity index (χ3v) is 5.07. The highest BCUT2D eigenvalue weighted by Gasteiger charge is 2.30. The van der Waals surface area contributed by atoms with E-state index in [0.717, 1.165) is 12.0 Å². The molecule has 2 fully saturated rings. The Bertz CT molecular complexity index is 262. The lowest BCUT2D eigenvalue weighted by molar-refractivity contribution is 0.145. The maximum absolute atomic E-state index is 3.94. The molecule has 106 valence electrons. The highest BCUT2D eigenvalue weighted by Crippen LogP contribution is 2.35. The number of nitrogens with zero attached hydrogens (tertiary/aromatic N) is 1. The first-order valence-electron chi connectivity index (χ1n) is 7.91. The van der Waals surface area contributed by atoms with Gasteiger partial charge in [0.25, 0.3) is 0 Å². The quantitative estimate of drug-likeness (QED) is 0.829. The average molecular weight is 252 g/mol. The normalized spacial score (nSPS) is 35.3. The van der Waals surface area contributed by atoms with Crippen LogP contribution in [0.4, 0.5) is 0 Å². The van der Waals surface area contributed by atoms with Gasteiger partial charge in [-0.25, -0.2) is 0 Å². The Labute approximate surface area is 114 Å². The van der Waals surface area contributed by atoms with Crippen LogP contribution >= 0.6 is 0 Å². The molecular formula is C16H32N2. The molecule has 3 unspecified atom stereocenters. The van der Waals surface area contributed by atoms with Crippen molar-refractivity contribution < 1.29 is 0 Å². The van der Waals surface area contributed by atoms with Crippen LogP contribution in [0.2, 0.25) is 0 Å². The second-order valence-corrected chi connectivity index (χ2v) is 7.58. The highest BCUT2D eigenvalue weighted by atomic mass is 15.1. The van der Waals surface area contributed by atoms with E-state index in [1.54, 1.807) is 0 Å². The Balaban J connectivity index is 1.81. The zero-order chi connectivity index (χ0) is 13.2. The highest BCUT2D eigenvalue weighted by molar-refractivity contribution is 4.87. The predicted octanol–water partition coefficient (Wildman–Crippen LogP) is 3.28. The molecule has 2 nitrogen and oxygen atoms in total. The molecule has 1 aliphatic carbocycles. The summed E-state index contributed by atoms with van der Waals surface area (Å²) in [5.74, 6) is 0.855. The van der Waals surface area contributed by atoms with Gasteiger partial charge in [-0.2, -0.15) is 0 Å². The maximum atomic E-state index is 3.94. The number of rotatable bonds is 3. The van der Waals surface area contributed by atoms with Gasteiger partial charge in [-0.1, -0.05) is 20.3 Å². The van der Waals surface area contributed by atoms with Crippen LogP contribution in [0.25, 0.3) is 0 Å². The van der Waals surface area contributed by atoms with Crippen LogP contribution in [0.1, 0.15) is 59.3 Å². The molecule has 0 aromatic rings. The summed E-state index contributed by atoms with van der Waals surface area (Å²) in [4.78, 5) is 2.50. The van der Waals surface area contributed by atoms with E-state index in [-0.39, 0.29) is 0 Å². The minimum Gasteiger partial charge on any atom is -0.311 e. The van der Waals surface area contributed by atoms with E-state index < -0.39 is 0 Å². The van der Waals surface area contributed by atoms with Crippen LogP contribution < -0.4 is 5.32 Å². The standard InChI is InChI=1S/C16H32N2/c1-13(14-7-6-10-18(4)12-14)17-15-8-5-9-16(2,3)11-15/h13-15,17H,5-12H2,1-4H3. The Kier molecular flexibility index (Phi) is 4.71. The summed E-state index contributed by atoms with van der Waals surface area (Å²) in [6.07, 6.45) is 8.35. The molecule has 2 rings (SSSR count). The van der Waals surface area contributed by atoms with Gasteiger partial charge in [0.1, 0.15) is 0 Å². The molecule has 1 saturated carbocycles. The molecule has 1 heterocycles. The van der Waals surface area contributed by atoms with E-state index in [9.17, 15) is 0 Å². The second kappa shape index (κ2) is 5.92. The molecule has 2 aliphatic rings. The molecule has 0 aromatic carbocycles. The van der Waals surface area contributed by atoms with Crippen molar-refractivity contribution in [1.82, 2.24) is 10.2 Å². The smallest absolute Gasteiger partial charge is 0.00818 e. The number of nitrogens with one attached hydrogen (secondary N) is 1. The second-order valence-electron chi connectivity index (χ2n) is 7.58. The predicted molar refractivity (Wildman–Crippen MR) is 78.9 cm³/mol. The van der Waals surface area contributed by atoms with Crippen LogP contribution in [0.3, 0.4) is 0 Å². The maximum Gasteiger partial charge on any atom is 0.00818 e. The summed E-state index contributed by atoms with van der Waals surface area (Å²) in [5, 5.41) is 3.94. The zero-order valence-electron chi connectivity index (χ0n) is 12.8. The number of hydrogen-bond donors (Lipinski definition) is 1. The van der Waals surface area contributed by atoms with Crippen LogP contribution in [0.15, 0.2) is 0 Å². The molecule has 1 saturated heterocycles. The summed E-state index contributed by atoms with van der Waals surface area (Å²) < 4.78 is 0. The molecule has 18 heavy (non-hydrogen) atoms. The SMILES string of the molecule is CC(NC1CCCC(C)(C)C1)C1CCCN(C)C1. The lowest BCUT2D eigenvalue weighted by Crippen LogP contribution is -2.48. The minimum atomic E-state index is 0.555. The van der Waals surface area contributed by atoms with Gasteiger partial charge in [0.2, 0.25) is 0 Å². The van der Waals surface area contributed by atoms with Gasteiger partial charge in [0.15, 0.2) is 0 Å². The fourth-order valence-electron chi connectivity index (χ4n) is 3.96. The van der Waals surface area contributed by atoms with Gasteiger partial charge in [-0.3, -0.25) is 0 Å². The third kappa shape index (κ3) is 3.96. The van der Waals surface area contributed by atoms with Crippen molar-refractivity contribution in [2.24, 2.45) is 11.3 Å². The molecule has 0 bridgehead atoms. The summed E-state index contributed by atoms with van der Waals surface area (Å²) in [7, 11) is 2.27. The van der Waals surface area contributed by atoms with Gasteiger partial charge >= 0.3 is 0 Å². The van der Waals surface area contributed by atoms with E-state index in [1.807, 2.05) is 0 Å². The van der Waals surface area contributed by atoms with Crippen molar-refractivity contribution in [3.63, 3.8) is 0 Å². The van der Waals surface area contributed by atoms with Crippen molar-refractivity contribution in [3.8, 4) is 0 Å². The first-order chi connectivity index (χ1) is 8.46. The van der Waals surface area contributed by atoms with E-state index in [1.165, 1.54) is 51.6 Å². The molecule has 0 amide bonds. The van der Waals surface area contributed by atoms with Crippen molar-refractivity contribution in [1.29, 1.82) is 0 Å². The molecule has 1 N–H and O–H groups in total. The van der Waals surface area contributed by atoms with Crippen molar-refractivity contribution >= 4 is 0 Å². The van der Waals surface area contributed by atoms with Crippen molar-refractivity contribution in [2.45, 2.75) is 71.4 Å². The first kappa shape index (κ1) is 14.3. The molecule has 3 atom stereocenters. The monoisotopic (exact) mass is 252 g/mol. The zero-order valence-corrected chi connectivity index (χ0v) is 12.8. The fourth-order valence-corrected chi connectivity index (χ4v) is 3.96. The minimum absolute atomic E-state index is 0.555. The number of piperidine rings is 1. The van der Waals surface area contributed by atoms with E-state index in [2.05, 4.69) is 38.0 Å². The Morgan fingerprint density at radius 3 is 2.67 bits per heavy atom. The summed E-state index contributed by atoms with van der Waals surface area (Å²) in [6, 6.07) is 1.45. The topological polar surface area (TPSA) is 15.3 Å². The van der Waals surface area contributed by atoms with Crippen LogP contribution in [-0.2, 0) is 0 Å². The molecule has 2 heteroatoms. The lowest BCUT2D eigenvalue weighted by Gasteiger charge is -2.40. The molecular weight excluding hydrogens is 220 g/mol. The summed E-state index contributed by atoms with van der Waals surface area (Å²) in [6.45, 7) is 9.84. The first-order valence-corrected chi connectivity index (χ1v) is 7.91. The van der Waals surface area contributed by atoms with Gasteiger partial charge in [0.05, 0.1) is 0 Å². The summed E-state index contributed by atoms with van der Waals surface area (Å²) >= 11 is 0. The molecule has 0 spiro atoms. The molecule has 1 aliphatic heterocycles. The Hall–Kier alpha value is -0.0800. The third-order valence-electron chi connectivity index (χ3n) is 5.07. The average Bonchev–Trinajstić information content (AvgIpc) is 2.27.